The summed E-state index contributed by atoms with van der Waals surface area (Å²) in [5.74, 6) is 1.27. The average Bonchev–Trinajstić information content (AvgIpc) is 1.35. The minimum atomic E-state index is 0.379. The number of hydrogen-bond acceptors (Lipinski definition) is 1. The Hall–Kier alpha value is 0.780. The Labute approximate surface area is 43.7 Å². The van der Waals surface area contributed by atoms with Crippen molar-refractivity contribution in [2.45, 2.75) is 13.3 Å². The normalized spacial score (nSPS) is 9.67. The molecule has 0 heterocycles. The molecule has 0 nitrogen and oxygen atoms in total. The third-order valence-corrected chi connectivity index (χ3v) is 2.05. The molecule has 0 saturated heterocycles. The van der Waals surface area contributed by atoms with Gasteiger partial charge >= 0.3 is 43.0 Å². The first-order valence-corrected chi connectivity index (χ1v) is 4.94. The quantitative estimate of drug-likeness (QED) is 0.367. The Bertz CT molecular complexity index is 79.3. The van der Waals surface area contributed by atoms with E-state index in [1.54, 1.807) is 0 Å². The molecule has 0 aliphatic carbocycles. The summed E-state index contributed by atoms with van der Waals surface area (Å²) < 4.78 is 0. The second-order valence-electron chi connectivity index (χ2n) is 1.30. The van der Waals surface area contributed by atoms with Crippen LogP contribution in [0.4, 0.5) is 0 Å². The molecule has 2 heteroatoms. The molecule has 0 unspecified atom stereocenters. The standard InChI is InChI=1S/C4H10PS/c1-3-4-6(2)5/h3-4H2,1-2H3/q-1. The third-order valence-electron chi connectivity index (χ3n) is 0.500. The number of hydrogen-bond donors (Lipinski definition) is 0. The summed E-state index contributed by atoms with van der Waals surface area (Å²) in [7, 11) is 4.58. The van der Waals surface area contributed by atoms with E-state index in [2.05, 4.69) is 21.0 Å². The molecule has 0 rings (SSSR count). The summed E-state index contributed by atoms with van der Waals surface area (Å²) in [5, 5.41) is 0. The fraction of sp³-hybridized carbons (Fsp3) is 1.00. The first-order valence-electron chi connectivity index (χ1n) is 2.09. The Balaban J connectivity index is 2.91. The first kappa shape index (κ1) is 6.78. The van der Waals surface area contributed by atoms with Crippen LogP contribution in [0, 0.1) is 0 Å². The van der Waals surface area contributed by atoms with Gasteiger partial charge in [0.15, 0.2) is 0 Å². The Morgan fingerprint density at radius 2 is 2.17 bits per heavy atom. The molecule has 0 bridgehead atoms. The molecular weight excluding hydrogens is 111 g/mol. The monoisotopic (exact) mass is 121 g/mol. The van der Waals surface area contributed by atoms with Gasteiger partial charge < -0.3 is 0 Å². The van der Waals surface area contributed by atoms with Crippen LogP contribution in [-0.4, -0.2) is 12.0 Å². The molecule has 38 valence electrons. The molecule has 0 atom stereocenters. The molecule has 0 aliphatic rings. The van der Waals surface area contributed by atoms with E-state index in [4.69, 9.17) is 0 Å². The summed E-state index contributed by atoms with van der Waals surface area (Å²) in [5.41, 5.74) is 0. The van der Waals surface area contributed by atoms with Crippen LogP contribution in [0.1, 0.15) is 13.3 Å². The Morgan fingerprint density at radius 1 is 1.67 bits per heavy atom. The fourth-order valence-electron chi connectivity index (χ4n) is 0.295. The molecule has 0 aromatic rings. The summed E-state index contributed by atoms with van der Waals surface area (Å²) in [4.78, 5) is 0. The van der Waals surface area contributed by atoms with E-state index in [-0.39, 0.29) is 0 Å². The fourth-order valence-corrected chi connectivity index (χ4v) is 1.43. The predicted octanol–water partition coefficient (Wildman–Crippen LogP) is 1.97. The topological polar surface area (TPSA) is 0 Å². The van der Waals surface area contributed by atoms with Crippen LogP contribution in [0.25, 0.3) is 0 Å². The zero-order valence-corrected chi connectivity index (χ0v) is 5.98. The molecule has 0 fully saturated rings. The van der Waals surface area contributed by atoms with Crippen LogP contribution in [0.5, 0.6) is 0 Å². The van der Waals surface area contributed by atoms with E-state index in [1.807, 2.05) is 0 Å². The van der Waals surface area contributed by atoms with Gasteiger partial charge in [0.1, 0.15) is 0 Å². The van der Waals surface area contributed by atoms with Crippen LogP contribution < -0.4 is 0 Å². The number of rotatable bonds is 1. The van der Waals surface area contributed by atoms with Crippen molar-refractivity contribution < 1.29 is 0 Å². The van der Waals surface area contributed by atoms with E-state index in [0.717, 1.165) is 0 Å². The zero-order valence-electron chi connectivity index (χ0n) is 4.27. The molecule has 6 heavy (non-hydrogen) atoms. The van der Waals surface area contributed by atoms with Gasteiger partial charge in [-0.25, -0.2) is 0 Å². The van der Waals surface area contributed by atoms with Gasteiger partial charge in [-0.1, -0.05) is 0 Å². The van der Waals surface area contributed by atoms with Crippen molar-refractivity contribution in [2.75, 3.05) is 12.0 Å². The van der Waals surface area contributed by atoms with Crippen molar-refractivity contribution in [3.8, 4) is 0 Å². The van der Waals surface area contributed by atoms with Crippen LogP contribution in [0.15, 0.2) is 0 Å². The van der Waals surface area contributed by atoms with Crippen molar-refractivity contribution in [1.29, 1.82) is 0 Å². The molecular formula is C4H10PS-. The van der Waals surface area contributed by atoms with Crippen molar-refractivity contribution >= 4 is 17.7 Å². The molecule has 0 aliphatic heterocycles. The van der Waals surface area contributed by atoms with Crippen LogP contribution in [-0.2, 0) is 9.87 Å². The summed E-state index contributed by atoms with van der Waals surface area (Å²) in [6.07, 6.45) is 3.41. The van der Waals surface area contributed by atoms with E-state index in [0.29, 0.717) is 9.87 Å². The van der Waals surface area contributed by atoms with Gasteiger partial charge in [0.25, 0.3) is 0 Å². The first-order chi connectivity index (χ1) is 2.77. The van der Waals surface area contributed by atoms with Crippen LogP contribution in [0.2, 0.25) is 0 Å². The van der Waals surface area contributed by atoms with Gasteiger partial charge in [0.2, 0.25) is 0 Å². The van der Waals surface area contributed by atoms with E-state index >= 15 is 0 Å². The van der Waals surface area contributed by atoms with Gasteiger partial charge in [-0.15, -0.1) is 0 Å². The summed E-state index contributed by atoms with van der Waals surface area (Å²) in [6.45, 7) is 2.18. The van der Waals surface area contributed by atoms with Crippen molar-refractivity contribution in [1.82, 2.24) is 0 Å². The van der Waals surface area contributed by atoms with Gasteiger partial charge in [-0.3, -0.25) is 0 Å². The molecule has 0 aromatic heterocycles. The van der Waals surface area contributed by atoms with Crippen molar-refractivity contribution in [2.24, 2.45) is 0 Å². The molecule has 0 spiro atoms. The molecule has 0 radical (unpaired) electrons. The average molecular weight is 121 g/mol. The molecule has 0 saturated carbocycles. The maximum atomic E-state index is 4.21. The van der Waals surface area contributed by atoms with Crippen molar-refractivity contribution in [3.63, 3.8) is 0 Å². The maximum absolute atomic E-state index is 4.21. The van der Waals surface area contributed by atoms with Crippen molar-refractivity contribution in [3.05, 3.63) is 0 Å². The molecule has 0 aromatic carbocycles. The predicted molar refractivity (Wildman–Crippen MR) is 35.4 cm³/mol. The van der Waals surface area contributed by atoms with Crippen LogP contribution in [0.3, 0.4) is 0 Å². The third kappa shape index (κ3) is 4.78. The van der Waals surface area contributed by atoms with Gasteiger partial charge in [-0.05, 0) is 0 Å². The second kappa shape index (κ2) is 3.95. The summed E-state index contributed by atoms with van der Waals surface area (Å²) >= 11 is 0. The minimum absolute atomic E-state index is 0.379. The van der Waals surface area contributed by atoms with E-state index in [1.165, 1.54) is 12.2 Å². The SMILES string of the molecule is CCC[S-](C)#P. The van der Waals surface area contributed by atoms with Gasteiger partial charge in [0.05, 0.1) is 0 Å². The van der Waals surface area contributed by atoms with Gasteiger partial charge in [-0.2, -0.15) is 0 Å². The van der Waals surface area contributed by atoms with Crippen LogP contribution >= 0.6 is 7.81 Å². The zero-order chi connectivity index (χ0) is 4.99. The van der Waals surface area contributed by atoms with E-state index in [9.17, 15) is 0 Å². The van der Waals surface area contributed by atoms with E-state index < -0.39 is 0 Å². The Morgan fingerprint density at radius 3 is 2.17 bits per heavy atom. The summed E-state index contributed by atoms with van der Waals surface area (Å²) in [6, 6.07) is 0. The van der Waals surface area contributed by atoms with Gasteiger partial charge in [0, 0.05) is 0 Å². The molecule has 0 N–H and O–H groups in total. The molecule has 0 amide bonds. The second-order valence-corrected chi connectivity index (χ2v) is 4.78. The Kier molecular flexibility index (Phi) is 4.47.